The molecule has 4 amide bonds. The van der Waals surface area contributed by atoms with Crippen LogP contribution >= 0.6 is 0 Å². The fourth-order valence-corrected chi connectivity index (χ4v) is 7.08. The number of fused-ring (bicyclic) bond motifs is 1. The molecule has 2 N–H and O–H groups in total. The van der Waals surface area contributed by atoms with Gasteiger partial charge in [0.25, 0.3) is 11.8 Å². The molecule has 4 aliphatic rings. The van der Waals surface area contributed by atoms with Crippen LogP contribution in [0.2, 0.25) is 0 Å². The molecule has 3 heterocycles. The summed E-state index contributed by atoms with van der Waals surface area (Å²) in [5, 5.41) is 12.5. The molecule has 0 aromatic heterocycles. The van der Waals surface area contributed by atoms with E-state index < -0.39 is 29.7 Å². The summed E-state index contributed by atoms with van der Waals surface area (Å²) in [7, 11) is 0. The monoisotopic (exact) mass is 716 g/mol. The number of imide groups is 2. The van der Waals surface area contributed by atoms with Crippen molar-refractivity contribution in [3.8, 4) is 5.75 Å². The number of Topliss-reactive ketones (excluding diaryl/α,β-unsaturated/α-hetero) is 2. The molecule has 14 heteroatoms. The lowest BCUT2D eigenvalue weighted by molar-refractivity contribution is -0.136. The number of piperazine rings is 1. The van der Waals surface area contributed by atoms with E-state index in [0.29, 0.717) is 38.8 Å². The Morgan fingerprint density at radius 2 is 1.54 bits per heavy atom. The number of carbonyl (C=O) groups excluding carboxylic acids is 6. The quantitative estimate of drug-likeness (QED) is 0.157. The third kappa shape index (κ3) is 8.24. The Morgan fingerprint density at radius 3 is 2.23 bits per heavy atom. The number of piperidine rings is 1. The van der Waals surface area contributed by atoms with E-state index >= 15 is 0 Å². The lowest BCUT2D eigenvalue weighted by Gasteiger charge is -2.36. The van der Waals surface area contributed by atoms with E-state index in [4.69, 9.17) is 14.2 Å². The summed E-state index contributed by atoms with van der Waals surface area (Å²) in [6, 6.07) is 11.6. The van der Waals surface area contributed by atoms with Crippen molar-refractivity contribution in [1.82, 2.24) is 15.1 Å². The van der Waals surface area contributed by atoms with Crippen LogP contribution in [0.4, 0.5) is 5.69 Å². The van der Waals surface area contributed by atoms with Crippen LogP contribution in [0.3, 0.4) is 0 Å². The predicted octanol–water partition coefficient (Wildman–Crippen LogP) is 2.56. The van der Waals surface area contributed by atoms with Gasteiger partial charge in [-0.05, 0) is 48.2 Å². The number of aliphatic hydroxyl groups excluding tert-OH is 1. The van der Waals surface area contributed by atoms with Gasteiger partial charge in [0.05, 0.1) is 43.1 Å². The van der Waals surface area contributed by atoms with Gasteiger partial charge in [-0.3, -0.25) is 43.9 Å². The zero-order valence-corrected chi connectivity index (χ0v) is 29.3. The predicted molar refractivity (Wildman–Crippen MR) is 187 cm³/mol. The summed E-state index contributed by atoms with van der Waals surface area (Å²) in [4.78, 5) is 79.9. The highest BCUT2D eigenvalue weighted by Crippen LogP contribution is 2.35. The number of ketones is 2. The van der Waals surface area contributed by atoms with Crippen LogP contribution in [-0.2, 0) is 28.7 Å². The number of carbonyl (C=O) groups is 6. The molecular weight excluding hydrogens is 672 g/mol. The number of rotatable bonds is 15. The van der Waals surface area contributed by atoms with Crippen molar-refractivity contribution in [3.05, 3.63) is 70.5 Å². The Balaban J connectivity index is 0.834. The van der Waals surface area contributed by atoms with Crippen molar-refractivity contribution in [2.24, 2.45) is 0 Å². The first kappa shape index (κ1) is 36.9. The van der Waals surface area contributed by atoms with Crippen LogP contribution in [0.1, 0.15) is 71.2 Å². The fourth-order valence-electron chi connectivity index (χ4n) is 7.08. The highest BCUT2D eigenvalue weighted by molar-refractivity contribution is 6.24. The molecule has 2 atom stereocenters. The molecule has 276 valence electrons. The van der Waals surface area contributed by atoms with Crippen LogP contribution in [0.25, 0.3) is 0 Å². The number of ether oxygens (including phenoxy) is 3. The summed E-state index contributed by atoms with van der Waals surface area (Å²) in [5.74, 6) is -2.29. The number of aliphatic hydroxyl groups is 1. The zero-order chi connectivity index (χ0) is 36.8. The van der Waals surface area contributed by atoms with Gasteiger partial charge >= 0.3 is 0 Å². The van der Waals surface area contributed by atoms with Crippen LogP contribution in [0, 0.1) is 0 Å². The lowest BCUT2D eigenvalue weighted by Crippen LogP contribution is -2.54. The second kappa shape index (κ2) is 16.6. The maximum atomic E-state index is 13.2. The number of hydrogen-bond acceptors (Lipinski definition) is 12. The minimum atomic E-state index is -0.982. The molecule has 6 rings (SSSR count). The largest absolute Gasteiger partial charge is 0.511 e. The topological polar surface area (TPSA) is 172 Å². The number of hydrogen-bond donors (Lipinski definition) is 2. The Labute approximate surface area is 301 Å². The summed E-state index contributed by atoms with van der Waals surface area (Å²) >= 11 is 0. The zero-order valence-electron chi connectivity index (χ0n) is 29.3. The Bertz CT molecular complexity index is 1750. The Morgan fingerprint density at radius 1 is 0.846 bits per heavy atom. The Kier molecular flexibility index (Phi) is 11.8. The molecule has 2 aromatic rings. The highest BCUT2D eigenvalue weighted by Gasteiger charge is 2.45. The maximum Gasteiger partial charge on any atom is 0.262 e. The summed E-state index contributed by atoms with van der Waals surface area (Å²) < 4.78 is 17.2. The van der Waals surface area contributed by atoms with Crippen molar-refractivity contribution in [2.45, 2.75) is 51.0 Å². The molecule has 0 saturated carbocycles. The van der Waals surface area contributed by atoms with Crippen LogP contribution in [0.5, 0.6) is 5.75 Å². The highest BCUT2D eigenvalue weighted by atomic mass is 16.5. The SMILES string of the molecule is CCC(=O)C1=C(O)CC(c2ccc(OCCOCCOCCN3CCN(c4ccc5c(c4)C(=O)N(C4CCC(=O)NC4=O)C5=O)CC3)cc2)CC1=O. The molecule has 14 nitrogen and oxygen atoms in total. The lowest BCUT2D eigenvalue weighted by atomic mass is 9.81. The van der Waals surface area contributed by atoms with Gasteiger partial charge in [-0.15, -0.1) is 0 Å². The van der Waals surface area contributed by atoms with Crippen molar-refractivity contribution < 1.29 is 48.1 Å². The van der Waals surface area contributed by atoms with Gasteiger partial charge in [0.15, 0.2) is 11.6 Å². The van der Waals surface area contributed by atoms with Crippen molar-refractivity contribution in [2.75, 3.05) is 70.7 Å². The molecule has 0 radical (unpaired) electrons. The van der Waals surface area contributed by atoms with Crippen molar-refractivity contribution in [3.63, 3.8) is 0 Å². The summed E-state index contributed by atoms with van der Waals surface area (Å²) in [6.45, 7) is 7.77. The van der Waals surface area contributed by atoms with Gasteiger partial charge in [-0.1, -0.05) is 19.1 Å². The molecule has 0 bridgehead atoms. The van der Waals surface area contributed by atoms with Gasteiger partial charge in [0.1, 0.15) is 24.2 Å². The van der Waals surface area contributed by atoms with Gasteiger partial charge < -0.3 is 24.2 Å². The van der Waals surface area contributed by atoms with Crippen molar-refractivity contribution in [1.29, 1.82) is 0 Å². The second-order valence-corrected chi connectivity index (χ2v) is 13.3. The third-order valence-electron chi connectivity index (χ3n) is 9.97. The second-order valence-electron chi connectivity index (χ2n) is 13.3. The molecule has 1 aliphatic carbocycles. The summed E-state index contributed by atoms with van der Waals surface area (Å²) in [6.07, 6.45) is 0.855. The fraction of sp³-hybridized carbons (Fsp3) is 0.474. The average Bonchev–Trinajstić information content (AvgIpc) is 3.39. The molecule has 2 fully saturated rings. The van der Waals surface area contributed by atoms with E-state index in [2.05, 4.69) is 15.1 Å². The summed E-state index contributed by atoms with van der Waals surface area (Å²) in [5.41, 5.74) is 2.26. The molecular formula is C38H44N4O10. The number of anilines is 1. The molecule has 2 saturated heterocycles. The molecule has 3 aliphatic heterocycles. The first-order chi connectivity index (χ1) is 25.1. The van der Waals surface area contributed by atoms with Crippen LogP contribution < -0.4 is 15.0 Å². The molecule has 2 aromatic carbocycles. The number of benzene rings is 2. The van der Waals surface area contributed by atoms with Gasteiger partial charge in [-0.2, -0.15) is 0 Å². The normalized spacial score (nSPS) is 21.1. The first-order valence-corrected chi connectivity index (χ1v) is 17.8. The van der Waals surface area contributed by atoms with E-state index in [-0.39, 0.29) is 72.0 Å². The Hall–Kier alpha value is -4.92. The standard InChI is InChI=1S/C38H44N4O10/c1-2-31(43)35-32(44)21-25(22-33(35)45)24-3-6-27(7-4-24)52-20-19-51-18-17-50-16-15-40-11-13-41(14-12-40)26-5-8-28-29(23-26)38(49)42(37(28)48)30-9-10-34(46)39-36(30)47/h3-8,23,25,30,44H,2,9-22H2,1H3,(H,39,46,47). The van der Waals surface area contributed by atoms with Gasteiger partial charge in [0, 0.05) is 64.1 Å². The third-order valence-corrected chi connectivity index (χ3v) is 9.97. The van der Waals surface area contributed by atoms with E-state index in [1.165, 1.54) is 0 Å². The number of nitrogens with one attached hydrogen (secondary N) is 1. The van der Waals surface area contributed by atoms with Crippen LogP contribution in [0.15, 0.2) is 53.8 Å². The molecule has 2 unspecified atom stereocenters. The number of allylic oxidation sites excluding steroid dienone is 2. The number of amides is 4. The molecule has 52 heavy (non-hydrogen) atoms. The maximum absolute atomic E-state index is 13.2. The van der Waals surface area contributed by atoms with Gasteiger partial charge in [-0.25, -0.2) is 0 Å². The first-order valence-electron chi connectivity index (χ1n) is 17.8. The van der Waals surface area contributed by atoms with E-state index in [0.717, 1.165) is 48.9 Å². The minimum Gasteiger partial charge on any atom is -0.511 e. The van der Waals surface area contributed by atoms with E-state index in [9.17, 15) is 33.9 Å². The van der Waals surface area contributed by atoms with Crippen LogP contribution in [-0.4, -0.2) is 122 Å². The average molecular weight is 717 g/mol. The number of nitrogens with zero attached hydrogens (tertiary/aromatic N) is 3. The molecule has 0 spiro atoms. The smallest absolute Gasteiger partial charge is 0.262 e. The minimum absolute atomic E-state index is 0.0436. The van der Waals surface area contributed by atoms with Crippen molar-refractivity contribution >= 4 is 40.9 Å². The van der Waals surface area contributed by atoms with E-state index in [1.54, 1.807) is 19.1 Å². The van der Waals surface area contributed by atoms with E-state index in [1.807, 2.05) is 30.3 Å². The van der Waals surface area contributed by atoms with Gasteiger partial charge in [0.2, 0.25) is 11.8 Å².